The molecule has 1 aromatic heterocycles. The van der Waals surface area contributed by atoms with Crippen LogP contribution in [0.2, 0.25) is 0 Å². The van der Waals surface area contributed by atoms with Crippen molar-refractivity contribution < 1.29 is 24.2 Å². The number of aryl methyl sites for hydroxylation is 1. The Labute approximate surface area is 137 Å². The summed E-state index contributed by atoms with van der Waals surface area (Å²) in [5, 5.41) is 12.1. The summed E-state index contributed by atoms with van der Waals surface area (Å²) in [6.45, 7) is 1.71. The van der Waals surface area contributed by atoms with Crippen LogP contribution in [0.3, 0.4) is 0 Å². The molecular weight excluding hydrogens is 318 g/mol. The summed E-state index contributed by atoms with van der Waals surface area (Å²) in [6.07, 6.45) is 0.709. The minimum Gasteiger partial charge on any atom is -0.497 e. The van der Waals surface area contributed by atoms with E-state index >= 15 is 0 Å². The Bertz CT molecular complexity index is 710. The van der Waals surface area contributed by atoms with Gasteiger partial charge in [0.1, 0.15) is 16.5 Å². The molecule has 2 rings (SSSR count). The standard InChI is InChI=1S/C16H17NO5S/c1-3-12-8-13(16(19)20)15(23-12)17-14(18)9-22-11-6-4-5-10(7-11)21-2/h4-8H,3,9H2,1-2H3,(H,17,18)(H,19,20). The van der Waals surface area contributed by atoms with Crippen molar-refractivity contribution in [2.24, 2.45) is 0 Å². The summed E-state index contributed by atoms with van der Waals surface area (Å²) in [5.74, 6) is -0.356. The molecule has 1 amide bonds. The van der Waals surface area contributed by atoms with Crippen LogP contribution in [-0.4, -0.2) is 30.7 Å². The van der Waals surface area contributed by atoms with Gasteiger partial charge in [-0.25, -0.2) is 4.79 Å². The molecule has 0 bridgehead atoms. The third-order valence-electron chi connectivity index (χ3n) is 3.03. The molecule has 122 valence electrons. The van der Waals surface area contributed by atoms with Crippen molar-refractivity contribution in [2.45, 2.75) is 13.3 Å². The lowest BCUT2D eigenvalue weighted by Crippen LogP contribution is -2.20. The van der Waals surface area contributed by atoms with Gasteiger partial charge in [-0.2, -0.15) is 0 Å². The SMILES string of the molecule is CCc1cc(C(=O)O)c(NC(=O)COc2cccc(OC)c2)s1. The van der Waals surface area contributed by atoms with Gasteiger partial charge in [-0.15, -0.1) is 11.3 Å². The maximum atomic E-state index is 12.0. The number of carbonyl (C=O) groups excluding carboxylic acids is 1. The Morgan fingerprint density at radius 1 is 1.26 bits per heavy atom. The van der Waals surface area contributed by atoms with Crippen molar-refractivity contribution in [3.05, 3.63) is 40.8 Å². The Kier molecular flexibility index (Phi) is 5.59. The molecule has 0 saturated heterocycles. The average Bonchev–Trinajstić information content (AvgIpc) is 2.96. The van der Waals surface area contributed by atoms with Crippen molar-refractivity contribution in [3.63, 3.8) is 0 Å². The van der Waals surface area contributed by atoms with Crippen LogP contribution in [0.25, 0.3) is 0 Å². The average molecular weight is 335 g/mol. The molecule has 0 spiro atoms. The van der Waals surface area contributed by atoms with Gasteiger partial charge in [-0.3, -0.25) is 4.79 Å². The van der Waals surface area contributed by atoms with Crippen molar-refractivity contribution in [1.29, 1.82) is 0 Å². The summed E-state index contributed by atoms with van der Waals surface area (Å²) < 4.78 is 10.5. The number of nitrogens with one attached hydrogen (secondary N) is 1. The van der Waals surface area contributed by atoms with E-state index < -0.39 is 11.9 Å². The fraction of sp³-hybridized carbons (Fsp3) is 0.250. The van der Waals surface area contributed by atoms with E-state index in [0.29, 0.717) is 22.9 Å². The maximum absolute atomic E-state index is 12.0. The Morgan fingerprint density at radius 3 is 2.65 bits per heavy atom. The molecule has 0 atom stereocenters. The summed E-state index contributed by atoms with van der Waals surface area (Å²) in [6, 6.07) is 8.46. The van der Waals surface area contributed by atoms with Gasteiger partial charge < -0.3 is 19.9 Å². The number of hydrogen-bond donors (Lipinski definition) is 2. The molecule has 0 unspecified atom stereocenters. The van der Waals surface area contributed by atoms with Gasteiger partial charge >= 0.3 is 5.97 Å². The van der Waals surface area contributed by atoms with E-state index in [2.05, 4.69) is 5.32 Å². The van der Waals surface area contributed by atoms with Gasteiger partial charge in [0, 0.05) is 10.9 Å². The van der Waals surface area contributed by atoms with Crippen molar-refractivity contribution in [1.82, 2.24) is 0 Å². The van der Waals surface area contributed by atoms with Crippen LogP contribution in [0, 0.1) is 0 Å². The summed E-state index contributed by atoms with van der Waals surface area (Å²) in [7, 11) is 1.54. The maximum Gasteiger partial charge on any atom is 0.338 e. The number of methoxy groups -OCH3 is 1. The van der Waals surface area contributed by atoms with Gasteiger partial charge in [0.25, 0.3) is 5.91 Å². The van der Waals surface area contributed by atoms with Crippen LogP contribution in [-0.2, 0) is 11.2 Å². The minimum atomic E-state index is -1.06. The third-order valence-corrected chi connectivity index (χ3v) is 4.22. The van der Waals surface area contributed by atoms with Crippen molar-refractivity contribution >= 4 is 28.2 Å². The molecule has 0 aliphatic rings. The second-order valence-corrected chi connectivity index (χ2v) is 5.77. The van der Waals surface area contributed by atoms with Gasteiger partial charge in [-0.05, 0) is 24.6 Å². The molecule has 1 aromatic carbocycles. The topological polar surface area (TPSA) is 84.9 Å². The number of amides is 1. The number of thiophene rings is 1. The van der Waals surface area contributed by atoms with E-state index in [4.69, 9.17) is 14.6 Å². The highest BCUT2D eigenvalue weighted by atomic mass is 32.1. The first-order valence-electron chi connectivity index (χ1n) is 6.96. The van der Waals surface area contributed by atoms with Gasteiger partial charge in [0.2, 0.25) is 0 Å². The minimum absolute atomic E-state index is 0.0987. The second kappa shape index (κ2) is 7.64. The molecule has 0 radical (unpaired) electrons. The number of aromatic carboxylic acids is 1. The Hall–Kier alpha value is -2.54. The van der Waals surface area contributed by atoms with Gasteiger partial charge in [0.15, 0.2) is 6.61 Å². The fourth-order valence-corrected chi connectivity index (χ4v) is 2.87. The predicted octanol–water partition coefficient (Wildman–Crippen LogP) is 3.03. The molecule has 7 heteroatoms. The quantitative estimate of drug-likeness (QED) is 0.812. The smallest absolute Gasteiger partial charge is 0.338 e. The van der Waals surface area contributed by atoms with Gasteiger partial charge in [0.05, 0.1) is 12.7 Å². The van der Waals surface area contributed by atoms with Crippen molar-refractivity contribution in [3.8, 4) is 11.5 Å². The highest BCUT2D eigenvalue weighted by Gasteiger charge is 2.17. The number of carboxylic acids is 1. The zero-order chi connectivity index (χ0) is 16.8. The monoisotopic (exact) mass is 335 g/mol. The second-order valence-electron chi connectivity index (χ2n) is 4.63. The first kappa shape index (κ1) is 16.8. The molecule has 6 nitrogen and oxygen atoms in total. The Morgan fingerprint density at radius 2 is 2.00 bits per heavy atom. The van der Waals surface area contributed by atoms with Crippen LogP contribution in [0.5, 0.6) is 11.5 Å². The molecule has 0 aliphatic carbocycles. The van der Waals surface area contributed by atoms with Gasteiger partial charge in [-0.1, -0.05) is 13.0 Å². The number of hydrogen-bond acceptors (Lipinski definition) is 5. The predicted molar refractivity (Wildman–Crippen MR) is 87.8 cm³/mol. The lowest BCUT2D eigenvalue weighted by Gasteiger charge is -2.08. The fourth-order valence-electron chi connectivity index (χ4n) is 1.87. The molecule has 0 aliphatic heterocycles. The van der Waals surface area contributed by atoms with Crippen LogP contribution in [0.15, 0.2) is 30.3 Å². The summed E-state index contributed by atoms with van der Waals surface area (Å²) >= 11 is 1.26. The number of ether oxygens (including phenoxy) is 2. The molecule has 0 fully saturated rings. The largest absolute Gasteiger partial charge is 0.497 e. The highest BCUT2D eigenvalue weighted by Crippen LogP contribution is 2.28. The third kappa shape index (κ3) is 4.46. The first-order chi connectivity index (χ1) is 11.0. The van der Waals surface area contributed by atoms with Crippen LogP contribution < -0.4 is 14.8 Å². The number of carboxylic acid groups (broad SMARTS) is 1. The normalized spacial score (nSPS) is 10.2. The van der Waals surface area contributed by atoms with E-state index in [1.165, 1.54) is 11.3 Å². The van der Waals surface area contributed by atoms with E-state index in [9.17, 15) is 9.59 Å². The number of anilines is 1. The van der Waals surface area contributed by atoms with Crippen LogP contribution >= 0.6 is 11.3 Å². The van der Waals surface area contributed by atoms with E-state index in [1.54, 1.807) is 37.4 Å². The number of benzene rings is 1. The van der Waals surface area contributed by atoms with Crippen LogP contribution in [0.4, 0.5) is 5.00 Å². The molecule has 2 aromatic rings. The molecule has 1 heterocycles. The lowest BCUT2D eigenvalue weighted by atomic mass is 10.2. The highest BCUT2D eigenvalue weighted by molar-refractivity contribution is 7.16. The van der Waals surface area contributed by atoms with Crippen LogP contribution in [0.1, 0.15) is 22.2 Å². The molecule has 2 N–H and O–H groups in total. The zero-order valence-electron chi connectivity index (χ0n) is 12.8. The number of rotatable bonds is 7. The lowest BCUT2D eigenvalue weighted by molar-refractivity contribution is -0.118. The first-order valence-corrected chi connectivity index (χ1v) is 7.77. The Balaban J connectivity index is 1.99. The van der Waals surface area contributed by atoms with E-state index in [-0.39, 0.29) is 12.2 Å². The summed E-state index contributed by atoms with van der Waals surface area (Å²) in [5.41, 5.74) is 0.0987. The zero-order valence-corrected chi connectivity index (χ0v) is 13.6. The number of carbonyl (C=O) groups is 2. The van der Waals surface area contributed by atoms with E-state index in [1.807, 2.05) is 6.92 Å². The van der Waals surface area contributed by atoms with E-state index in [0.717, 1.165) is 4.88 Å². The molecule has 0 saturated carbocycles. The molecule has 23 heavy (non-hydrogen) atoms. The summed E-state index contributed by atoms with van der Waals surface area (Å²) in [4.78, 5) is 24.0. The molecular formula is C16H17NO5S. The van der Waals surface area contributed by atoms with Crippen molar-refractivity contribution in [2.75, 3.05) is 19.0 Å².